The maximum atomic E-state index is 6.10. The van der Waals surface area contributed by atoms with Crippen molar-refractivity contribution in [1.82, 2.24) is 0 Å². The van der Waals surface area contributed by atoms with Gasteiger partial charge < -0.3 is 5.73 Å². The van der Waals surface area contributed by atoms with E-state index in [0.29, 0.717) is 0 Å². The SMILES string of the molecule is CCC(N)c1ccc2cc3ccccc3cc2c1.Cl. The maximum Gasteiger partial charge on any atom is 0.0292 e. The first kappa shape index (κ1) is 13.9. The summed E-state index contributed by atoms with van der Waals surface area (Å²) >= 11 is 0. The van der Waals surface area contributed by atoms with E-state index in [1.807, 2.05) is 0 Å². The Hall–Kier alpha value is -1.57. The van der Waals surface area contributed by atoms with Crippen molar-refractivity contribution < 1.29 is 0 Å². The fourth-order valence-corrected chi connectivity index (χ4v) is 2.42. The van der Waals surface area contributed by atoms with Gasteiger partial charge in [-0.15, -0.1) is 12.4 Å². The van der Waals surface area contributed by atoms with Crippen molar-refractivity contribution >= 4 is 34.0 Å². The quantitative estimate of drug-likeness (QED) is 0.664. The Bertz CT molecular complexity index is 706. The third-order valence-corrected chi connectivity index (χ3v) is 3.60. The minimum Gasteiger partial charge on any atom is -0.324 e. The van der Waals surface area contributed by atoms with Crippen LogP contribution in [0.25, 0.3) is 21.5 Å². The van der Waals surface area contributed by atoms with Crippen LogP contribution in [0.4, 0.5) is 0 Å². The van der Waals surface area contributed by atoms with Gasteiger partial charge in [0, 0.05) is 6.04 Å². The second kappa shape index (κ2) is 5.60. The Labute approximate surface area is 119 Å². The number of fused-ring (bicyclic) bond motifs is 2. The van der Waals surface area contributed by atoms with Crippen LogP contribution in [-0.4, -0.2) is 0 Å². The van der Waals surface area contributed by atoms with Gasteiger partial charge in [-0.2, -0.15) is 0 Å². The van der Waals surface area contributed by atoms with Crippen LogP contribution in [0, 0.1) is 0 Å². The van der Waals surface area contributed by atoms with Crippen LogP contribution in [-0.2, 0) is 0 Å². The zero-order valence-electron chi connectivity index (χ0n) is 11.0. The molecule has 98 valence electrons. The van der Waals surface area contributed by atoms with Crippen molar-refractivity contribution in [3.63, 3.8) is 0 Å². The number of nitrogens with two attached hydrogens (primary N) is 1. The molecular weight excluding hydrogens is 254 g/mol. The zero-order valence-corrected chi connectivity index (χ0v) is 11.8. The lowest BCUT2D eigenvalue weighted by molar-refractivity contribution is 0.700. The molecule has 3 rings (SSSR count). The topological polar surface area (TPSA) is 26.0 Å². The van der Waals surface area contributed by atoms with E-state index in [1.54, 1.807) is 0 Å². The summed E-state index contributed by atoms with van der Waals surface area (Å²) in [5.41, 5.74) is 7.32. The molecule has 3 aromatic rings. The van der Waals surface area contributed by atoms with Crippen molar-refractivity contribution in [3.05, 3.63) is 60.2 Å². The molecule has 2 heteroatoms. The summed E-state index contributed by atoms with van der Waals surface area (Å²) < 4.78 is 0. The molecule has 0 aliphatic heterocycles. The van der Waals surface area contributed by atoms with Crippen molar-refractivity contribution in [3.8, 4) is 0 Å². The van der Waals surface area contributed by atoms with Gasteiger partial charge in [-0.3, -0.25) is 0 Å². The van der Waals surface area contributed by atoms with Gasteiger partial charge in [0.15, 0.2) is 0 Å². The molecule has 19 heavy (non-hydrogen) atoms. The minimum atomic E-state index is 0. The number of benzene rings is 3. The lowest BCUT2D eigenvalue weighted by Crippen LogP contribution is -2.08. The van der Waals surface area contributed by atoms with Gasteiger partial charge in [0.2, 0.25) is 0 Å². The summed E-state index contributed by atoms with van der Waals surface area (Å²) in [5, 5.41) is 5.13. The highest BCUT2D eigenvalue weighted by atomic mass is 35.5. The fraction of sp³-hybridized carbons (Fsp3) is 0.176. The van der Waals surface area contributed by atoms with Crippen LogP contribution in [0.2, 0.25) is 0 Å². The summed E-state index contributed by atoms with van der Waals surface area (Å²) in [6.45, 7) is 2.12. The van der Waals surface area contributed by atoms with Gasteiger partial charge in [-0.25, -0.2) is 0 Å². The standard InChI is InChI=1S/C17H17N.ClH/c1-2-17(18)15-8-7-14-9-12-5-3-4-6-13(12)10-16(14)11-15;/h3-11,17H,2,18H2,1H3;1H. The number of halogens is 1. The van der Waals surface area contributed by atoms with Crippen LogP contribution < -0.4 is 5.73 Å². The van der Waals surface area contributed by atoms with E-state index in [0.717, 1.165) is 6.42 Å². The number of rotatable bonds is 2. The molecule has 0 heterocycles. The molecule has 0 aliphatic rings. The lowest BCUT2D eigenvalue weighted by atomic mass is 9.98. The molecule has 0 saturated heterocycles. The van der Waals surface area contributed by atoms with E-state index in [-0.39, 0.29) is 18.4 Å². The van der Waals surface area contributed by atoms with Gasteiger partial charge in [-0.1, -0.05) is 43.3 Å². The Morgan fingerprint density at radius 2 is 1.42 bits per heavy atom. The smallest absolute Gasteiger partial charge is 0.0292 e. The lowest BCUT2D eigenvalue weighted by Gasteiger charge is -2.10. The van der Waals surface area contributed by atoms with E-state index < -0.39 is 0 Å². The second-order valence-corrected chi connectivity index (χ2v) is 4.82. The first-order valence-electron chi connectivity index (χ1n) is 6.46. The summed E-state index contributed by atoms with van der Waals surface area (Å²) in [4.78, 5) is 0. The van der Waals surface area contributed by atoms with Gasteiger partial charge in [0.25, 0.3) is 0 Å². The van der Waals surface area contributed by atoms with E-state index in [9.17, 15) is 0 Å². The summed E-state index contributed by atoms with van der Waals surface area (Å²) in [6.07, 6.45) is 0.971. The average molecular weight is 272 g/mol. The largest absolute Gasteiger partial charge is 0.324 e. The molecule has 1 nitrogen and oxygen atoms in total. The summed E-state index contributed by atoms with van der Waals surface area (Å²) in [5.74, 6) is 0. The van der Waals surface area contributed by atoms with E-state index in [2.05, 4.69) is 61.5 Å². The Morgan fingerprint density at radius 1 is 0.842 bits per heavy atom. The molecule has 0 amide bonds. The highest BCUT2D eigenvalue weighted by Crippen LogP contribution is 2.25. The molecule has 3 aromatic carbocycles. The Morgan fingerprint density at radius 3 is 2.05 bits per heavy atom. The molecule has 0 radical (unpaired) electrons. The Balaban J connectivity index is 0.00000133. The third kappa shape index (κ3) is 2.58. The monoisotopic (exact) mass is 271 g/mol. The molecule has 0 bridgehead atoms. The van der Waals surface area contributed by atoms with Gasteiger partial charge in [0.05, 0.1) is 0 Å². The normalized spacial score (nSPS) is 12.3. The van der Waals surface area contributed by atoms with Crippen molar-refractivity contribution in [2.75, 3.05) is 0 Å². The first-order chi connectivity index (χ1) is 8.78. The maximum absolute atomic E-state index is 6.10. The number of hydrogen-bond donors (Lipinski definition) is 1. The molecule has 2 N–H and O–H groups in total. The number of hydrogen-bond acceptors (Lipinski definition) is 1. The van der Waals surface area contributed by atoms with E-state index >= 15 is 0 Å². The zero-order chi connectivity index (χ0) is 12.5. The molecule has 0 saturated carbocycles. The molecule has 0 aliphatic carbocycles. The minimum absolute atomic E-state index is 0. The van der Waals surface area contributed by atoms with Gasteiger partial charge in [-0.05, 0) is 51.7 Å². The van der Waals surface area contributed by atoms with Crippen LogP contribution in [0.15, 0.2) is 54.6 Å². The third-order valence-electron chi connectivity index (χ3n) is 3.60. The fourth-order valence-electron chi connectivity index (χ4n) is 2.42. The van der Waals surface area contributed by atoms with E-state index in [1.165, 1.54) is 27.1 Å². The summed E-state index contributed by atoms with van der Waals surface area (Å²) in [7, 11) is 0. The molecule has 0 aromatic heterocycles. The van der Waals surface area contributed by atoms with Crippen molar-refractivity contribution in [2.24, 2.45) is 5.73 Å². The van der Waals surface area contributed by atoms with Crippen LogP contribution in [0.3, 0.4) is 0 Å². The Kier molecular flexibility index (Phi) is 4.08. The van der Waals surface area contributed by atoms with Gasteiger partial charge >= 0.3 is 0 Å². The predicted molar refractivity (Wildman–Crippen MR) is 85.9 cm³/mol. The van der Waals surface area contributed by atoms with Gasteiger partial charge in [0.1, 0.15) is 0 Å². The first-order valence-corrected chi connectivity index (χ1v) is 6.46. The summed E-state index contributed by atoms with van der Waals surface area (Å²) in [6, 6.07) is 19.6. The molecule has 1 unspecified atom stereocenters. The molecule has 0 spiro atoms. The van der Waals surface area contributed by atoms with Crippen molar-refractivity contribution in [2.45, 2.75) is 19.4 Å². The van der Waals surface area contributed by atoms with Crippen LogP contribution in [0.1, 0.15) is 24.9 Å². The van der Waals surface area contributed by atoms with Crippen LogP contribution >= 0.6 is 12.4 Å². The van der Waals surface area contributed by atoms with E-state index in [4.69, 9.17) is 5.73 Å². The molecular formula is C17H18ClN. The molecule has 1 atom stereocenters. The highest BCUT2D eigenvalue weighted by molar-refractivity contribution is 5.98. The molecule has 0 fully saturated rings. The van der Waals surface area contributed by atoms with Crippen molar-refractivity contribution in [1.29, 1.82) is 0 Å². The average Bonchev–Trinajstić information content (AvgIpc) is 2.43. The van der Waals surface area contributed by atoms with Crippen LogP contribution in [0.5, 0.6) is 0 Å². The predicted octanol–water partition coefficient (Wildman–Crippen LogP) is 4.82. The highest BCUT2D eigenvalue weighted by Gasteiger charge is 2.04. The second-order valence-electron chi connectivity index (χ2n) is 4.82.